The second-order valence-electron chi connectivity index (χ2n) is 3.27. The predicted octanol–water partition coefficient (Wildman–Crippen LogP) is 2.80. The van der Waals surface area contributed by atoms with Crippen LogP contribution in [0.3, 0.4) is 0 Å². The molecule has 2 aromatic rings. The first-order valence-corrected chi connectivity index (χ1v) is 5.31. The van der Waals surface area contributed by atoms with E-state index in [1.165, 1.54) is 5.56 Å². The van der Waals surface area contributed by atoms with E-state index in [1.54, 1.807) is 6.07 Å². The van der Waals surface area contributed by atoms with E-state index in [0.717, 1.165) is 17.4 Å². The minimum atomic E-state index is 0.345. The van der Waals surface area contributed by atoms with Crippen LogP contribution in [0.5, 0.6) is 5.75 Å². The molecule has 3 heteroatoms. The standard InChI is InChI=1S/C11H13NOS/c1-2-12-6-8(7-14)9-4-3-5-10(13)11(9)12/h3-6,13-14H,2,7H2,1H3. The molecule has 1 N–H and O–H groups in total. The van der Waals surface area contributed by atoms with Crippen LogP contribution < -0.4 is 0 Å². The Labute approximate surface area is 88.6 Å². The zero-order valence-corrected chi connectivity index (χ0v) is 8.96. The summed E-state index contributed by atoms with van der Waals surface area (Å²) in [5.41, 5.74) is 2.08. The van der Waals surface area contributed by atoms with Gasteiger partial charge in [-0.1, -0.05) is 12.1 Å². The molecule has 0 aliphatic rings. The van der Waals surface area contributed by atoms with E-state index >= 15 is 0 Å². The van der Waals surface area contributed by atoms with Gasteiger partial charge in [-0.05, 0) is 18.6 Å². The van der Waals surface area contributed by atoms with E-state index in [-0.39, 0.29) is 0 Å². The van der Waals surface area contributed by atoms with Crippen molar-refractivity contribution >= 4 is 23.5 Å². The largest absolute Gasteiger partial charge is 0.506 e. The minimum Gasteiger partial charge on any atom is -0.506 e. The summed E-state index contributed by atoms with van der Waals surface area (Å²) in [5.74, 6) is 1.05. The molecule has 0 radical (unpaired) electrons. The van der Waals surface area contributed by atoms with Crippen molar-refractivity contribution in [3.63, 3.8) is 0 Å². The number of benzene rings is 1. The molecule has 1 aromatic carbocycles. The highest BCUT2D eigenvalue weighted by Gasteiger charge is 2.09. The summed E-state index contributed by atoms with van der Waals surface area (Å²) < 4.78 is 2.05. The van der Waals surface area contributed by atoms with Gasteiger partial charge < -0.3 is 9.67 Å². The van der Waals surface area contributed by atoms with Gasteiger partial charge >= 0.3 is 0 Å². The van der Waals surface area contributed by atoms with Gasteiger partial charge in [0.25, 0.3) is 0 Å². The van der Waals surface area contributed by atoms with Crippen molar-refractivity contribution in [1.82, 2.24) is 4.57 Å². The molecule has 0 amide bonds. The smallest absolute Gasteiger partial charge is 0.139 e. The maximum Gasteiger partial charge on any atom is 0.139 e. The zero-order chi connectivity index (χ0) is 10.1. The quantitative estimate of drug-likeness (QED) is 0.727. The third-order valence-corrected chi connectivity index (χ3v) is 2.81. The first-order chi connectivity index (χ1) is 6.77. The first kappa shape index (κ1) is 9.46. The number of thiol groups is 1. The highest BCUT2D eigenvalue weighted by Crippen LogP contribution is 2.29. The van der Waals surface area contributed by atoms with Gasteiger partial charge in [-0.3, -0.25) is 0 Å². The van der Waals surface area contributed by atoms with Gasteiger partial charge in [0, 0.05) is 23.9 Å². The van der Waals surface area contributed by atoms with Crippen LogP contribution in [0.1, 0.15) is 12.5 Å². The third kappa shape index (κ3) is 1.28. The number of aryl methyl sites for hydroxylation is 1. The van der Waals surface area contributed by atoms with Gasteiger partial charge in [0.05, 0.1) is 5.52 Å². The summed E-state index contributed by atoms with van der Waals surface area (Å²) in [6.45, 7) is 2.93. The van der Waals surface area contributed by atoms with E-state index in [0.29, 0.717) is 11.5 Å². The highest BCUT2D eigenvalue weighted by molar-refractivity contribution is 7.79. The van der Waals surface area contributed by atoms with Gasteiger partial charge in [0.1, 0.15) is 5.75 Å². The summed E-state index contributed by atoms with van der Waals surface area (Å²) in [4.78, 5) is 0. The molecule has 2 rings (SSSR count). The second-order valence-corrected chi connectivity index (χ2v) is 3.59. The van der Waals surface area contributed by atoms with Crippen LogP contribution in [-0.4, -0.2) is 9.67 Å². The molecule has 0 bridgehead atoms. The average molecular weight is 207 g/mol. The van der Waals surface area contributed by atoms with E-state index in [2.05, 4.69) is 30.3 Å². The Balaban J connectivity index is 2.82. The fourth-order valence-corrected chi connectivity index (χ4v) is 2.04. The number of fused-ring (bicyclic) bond motifs is 1. The molecule has 74 valence electrons. The lowest BCUT2D eigenvalue weighted by molar-refractivity contribution is 0.478. The molecule has 2 nitrogen and oxygen atoms in total. The summed E-state index contributed by atoms with van der Waals surface area (Å²) in [5, 5.41) is 10.8. The molecule has 1 aromatic heterocycles. The van der Waals surface area contributed by atoms with E-state index in [4.69, 9.17) is 0 Å². The Morgan fingerprint density at radius 3 is 2.86 bits per heavy atom. The van der Waals surface area contributed by atoms with Crippen molar-refractivity contribution in [3.05, 3.63) is 30.0 Å². The molecule has 0 aliphatic heterocycles. The van der Waals surface area contributed by atoms with Crippen LogP contribution in [0.4, 0.5) is 0 Å². The number of rotatable bonds is 2. The molecule has 0 unspecified atom stereocenters. The molecule has 1 heterocycles. The lowest BCUT2D eigenvalue weighted by Crippen LogP contribution is -1.90. The minimum absolute atomic E-state index is 0.345. The van der Waals surface area contributed by atoms with Gasteiger partial charge in [0.2, 0.25) is 0 Å². The summed E-state index contributed by atoms with van der Waals surface area (Å²) >= 11 is 4.28. The van der Waals surface area contributed by atoms with Crippen molar-refractivity contribution in [2.24, 2.45) is 0 Å². The molecule has 14 heavy (non-hydrogen) atoms. The molecule has 0 spiro atoms. The molecule has 0 aliphatic carbocycles. The average Bonchev–Trinajstić information content (AvgIpc) is 2.57. The predicted molar refractivity (Wildman–Crippen MR) is 62.0 cm³/mol. The summed E-state index contributed by atoms with van der Waals surface area (Å²) in [6, 6.07) is 5.61. The van der Waals surface area contributed by atoms with Gasteiger partial charge in [-0.25, -0.2) is 0 Å². The van der Waals surface area contributed by atoms with Gasteiger partial charge in [-0.15, -0.1) is 0 Å². The SMILES string of the molecule is CCn1cc(CS)c2cccc(O)c21. The van der Waals surface area contributed by atoms with Crippen molar-refractivity contribution in [2.45, 2.75) is 19.2 Å². The molecule has 0 atom stereocenters. The fourth-order valence-electron chi connectivity index (χ4n) is 1.79. The lowest BCUT2D eigenvalue weighted by atomic mass is 10.2. The fraction of sp³-hybridized carbons (Fsp3) is 0.273. The Bertz CT molecular complexity index is 462. The molecule has 0 saturated heterocycles. The van der Waals surface area contributed by atoms with Crippen LogP contribution in [0.25, 0.3) is 10.9 Å². The third-order valence-electron chi connectivity index (χ3n) is 2.47. The van der Waals surface area contributed by atoms with Crippen molar-refractivity contribution in [2.75, 3.05) is 0 Å². The normalized spacial score (nSPS) is 11.0. The maximum atomic E-state index is 9.75. The number of nitrogens with zero attached hydrogens (tertiary/aromatic N) is 1. The Morgan fingerprint density at radius 2 is 2.21 bits per heavy atom. The molecule has 0 fully saturated rings. The molecule has 0 saturated carbocycles. The highest BCUT2D eigenvalue weighted by atomic mass is 32.1. The van der Waals surface area contributed by atoms with Crippen LogP contribution in [0.15, 0.2) is 24.4 Å². The topological polar surface area (TPSA) is 25.2 Å². The number of phenolic OH excluding ortho intramolecular Hbond substituents is 1. The number of aromatic hydroxyl groups is 1. The van der Waals surface area contributed by atoms with Crippen molar-refractivity contribution in [1.29, 1.82) is 0 Å². The number of aromatic nitrogens is 1. The Hall–Kier alpha value is -1.09. The van der Waals surface area contributed by atoms with E-state index in [9.17, 15) is 5.11 Å². The van der Waals surface area contributed by atoms with Crippen LogP contribution >= 0.6 is 12.6 Å². The number of hydrogen-bond acceptors (Lipinski definition) is 2. The molecular formula is C11H13NOS. The second kappa shape index (κ2) is 3.58. The number of para-hydroxylation sites is 1. The molecular weight excluding hydrogens is 194 g/mol. The van der Waals surface area contributed by atoms with E-state index in [1.807, 2.05) is 12.1 Å². The van der Waals surface area contributed by atoms with E-state index < -0.39 is 0 Å². The first-order valence-electron chi connectivity index (χ1n) is 4.68. The van der Waals surface area contributed by atoms with Gasteiger partial charge in [-0.2, -0.15) is 12.6 Å². The van der Waals surface area contributed by atoms with Gasteiger partial charge in [0.15, 0.2) is 0 Å². The summed E-state index contributed by atoms with van der Waals surface area (Å²) in [7, 11) is 0. The summed E-state index contributed by atoms with van der Waals surface area (Å²) in [6.07, 6.45) is 2.05. The number of phenols is 1. The van der Waals surface area contributed by atoms with Crippen LogP contribution in [0, 0.1) is 0 Å². The maximum absolute atomic E-state index is 9.75. The lowest BCUT2D eigenvalue weighted by Gasteiger charge is -2.01. The van der Waals surface area contributed by atoms with Crippen LogP contribution in [0.2, 0.25) is 0 Å². The Morgan fingerprint density at radius 1 is 1.43 bits per heavy atom. The van der Waals surface area contributed by atoms with Crippen molar-refractivity contribution in [3.8, 4) is 5.75 Å². The number of hydrogen-bond donors (Lipinski definition) is 2. The Kier molecular flexibility index (Phi) is 2.42. The monoisotopic (exact) mass is 207 g/mol. The van der Waals surface area contributed by atoms with Crippen LogP contribution in [-0.2, 0) is 12.3 Å². The van der Waals surface area contributed by atoms with Crippen molar-refractivity contribution < 1.29 is 5.11 Å². The zero-order valence-electron chi connectivity index (χ0n) is 8.07.